The summed E-state index contributed by atoms with van der Waals surface area (Å²) >= 11 is 7.19. The summed E-state index contributed by atoms with van der Waals surface area (Å²) in [6.45, 7) is 2.41. The van der Waals surface area contributed by atoms with Crippen molar-refractivity contribution in [3.8, 4) is 0 Å². The Labute approximate surface area is 117 Å². The molecular formula is C10H10ClN5O2S. The monoisotopic (exact) mass is 299 g/mol. The van der Waals surface area contributed by atoms with E-state index in [-0.39, 0.29) is 16.8 Å². The number of hydrogen-bond donors (Lipinski definition) is 1. The van der Waals surface area contributed by atoms with E-state index < -0.39 is 4.92 Å². The van der Waals surface area contributed by atoms with Crippen molar-refractivity contribution in [1.82, 2.24) is 15.0 Å². The molecule has 0 atom stereocenters. The van der Waals surface area contributed by atoms with Gasteiger partial charge in [-0.25, -0.2) is 9.97 Å². The molecule has 0 aromatic carbocycles. The highest BCUT2D eigenvalue weighted by molar-refractivity contribution is 7.09. The van der Waals surface area contributed by atoms with Crippen molar-refractivity contribution in [1.29, 1.82) is 0 Å². The molecule has 0 unspecified atom stereocenters. The number of thiazole rings is 1. The Morgan fingerprint density at radius 1 is 1.53 bits per heavy atom. The molecular weight excluding hydrogens is 290 g/mol. The topological polar surface area (TPSA) is 93.8 Å². The van der Waals surface area contributed by atoms with Gasteiger partial charge in [-0.3, -0.25) is 10.1 Å². The Hall–Kier alpha value is -1.80. The van der Waals surface area contributed by atoms with Gasteiger partial charge in [0, 0.05) is 18.3 Å². The molecule has 9 heteroatoms. The van der Waals surface area contributed by atoms with Crippen LogP contribution in [0.1, 0.15) is 10.7 Å². The normalized spacial score (nSPS) is 10.4. The van der Waals surface area contributed by atoms with E-state index in [1.165, 1.54) is 0 Å². The number of aryl methyl sites for hydroxylation is 1. The van der Waals surface area contributed by atoms with Gasteiger partial charge in [0.15, 0.2) is 0 Å². The van der Waals surface area contributed by atoms with E-state index in [1.54, 1.807) is 11.3 Å². The smallest absolute Gasteiger partial charge is 0.329 e. The Balaban J connectivity index is 2.02. The standard InChI is InChI=1S/C10H10ClN5O2S/c1-6-14-7(5-19-6)2-3-12-9-8(16(17)18)4-13-10(11)15-9/h4-5H,2-3H2,1H3,(H,12,13,15). The van der Waals surface area contributed by atoms with Gasteiger partial charge in [-0.2, -0.15) is 4.98 Å². The maximum Gasteiger partial charge on any atom is 0.329 e. The highest BCUT2D eigenvalue weighted by Gasteiger charge is 2.16. The summed E-state index contributed by atoms with van der Waals surface area (Å²) in [4.78, 5) is 22.0. The molecule has 0 aliphatic heterocycles. The molecule has 7 nitrogen and oxygen atoms in total. The molecule has 0 spiro atoms. The summed E-state index contributed by atoms with van der Waals surface area (Å²) in [6.07, 6.45) is 1.74. The lowest BCUT2D eigenvalue weighted by atomic mass is 10.3. The van der Waals surface area contributed by atoms with Crippen LogP contribution >= 0.6 is 22.9 Å². The zero-order chi connectivity index (χ0) is 13.8. The minimum Gasteiger partial charge on any atom is -0.364 e. The minimum absolute atomic E-state index is 0.0300. The first-order valence-electron chi connectivity index (χ1n) is 5.38. The highest BCUT2D eigenvalue weighted by atomic mass is 35.5. The van der Waals surface area contributed by atoms with Crippen LogP contribution in [-0.4, -0.2) is 26.4 Å². The lowest BCUT2D eigenvalue weighted by Crippen LogP contribution is -2.09. The fourth-order valence-electron chi connectivity index (χ4n) is 1.45. The fourth-order valence-corrected chi connectivity index (χ4v) is 2.23. The summed E-state index contributed by atoms with van der Waals surface area (Å²) in [7, 11) is 0. The quantitative estimate of drug-likeness (QED) is 0.518. The molecule has 0 fully saturated rings. The molecule has 0 aliphatic rings. The van der Waals surface area contributed by atoms with E-state index in [9.17, 15) is 10.1 Å². The van der Waals surface area contributed by atoms with Gasteiger partial charge < -0.3 is 5.32 Å². The van der Waals surface area contributed by atoms with Gasteiger partial charge in [0.25, 0.3) is 0 Å². The molecule has 2 aromatic rings. The SMILES string of the molecule is Cc1nc(CCNc2nc(Cl)ncc2[N+](=O)[O-])cs1. The second-order valence-corrected chi connectivity index (χ2v) is 5.06. The van der Waals surface area contributed by atoms with Crippen LogP contribution in [0.25, 0.3) is 0 Å². The molecule has 19 heavy (non-hydrogen) atoms. The van der Waals surface area contributed by atoms with Gasteiger partial charge in [0.1, 0.15) is 6.20 Å². The van der Waals surface area contributed by atoms with Crippen LogP contribution < -0.4 is 5.32 Å². The maximum atomic E-state index is 10.8. The number of nitrogens with one attached hydrogen (secondary N) is 1. The third-order valence-corrected chi connectivity index (χ3v) is 3.28. The van der Waals surface area contributed by atoms with Gasteiger partial charge in [0.2, 0.25) is 11.1 Å². The van der Waals surface area contributed by atoms with Crippen molar-refractivity contribution in [2.75, 3.05) is 11.9 Å². The van der Waals surface area contributed by atoms with E-state index in [4.69, 9.17) is 11.6 Å². The predicted molar refractivity (Wildman–Crippen MR) is 72.7 cm³/mol. The number of hydrogen-bond acceptors (Lipinski definition) is 7. The first-order valence-corrected chi connectivity index (χ1v) is 6.64. The van der Waals surface area contributed by atoms with Crippen molar-refractivity contribution in [3.05, 3.63) is 37.7 Å². The molecule has 2 rings (SSSR count). The number of anilines is 1. The Bertz CT molecular complexity index is 603. The molecule has 0 radical (unpaired) electrons. The zero-order valence-electron chi connectivity index (χ0n) is 9.96. The van der Waals surface area contributed by atoms with Crippen molar-refractivity contribution in [3.63, 3.8) is 0 Å². The van der Waals surface area contributed by atoms with E-state index in [2.05, 4.69) is 20.3 Å². The molecule has 2 aromatic heterocycles. The number of halogens is 1. The van der Waals surface area contributed by atoms with Crippen LogP contribution in [0.5, 0.6) is 0 Å². The van der Waals surface area contributed by atoms with Crippen LogP contribution in [-0.2, 0) is 6.42 Å². The second-order valence-electron chi connectivity index (χ2n) is 3.66. The van der Waals surface area contributed by atoms with Crippen LogP contribution in [0.4, 0.5) is 11.5 Å². The van der Waals surface area contributed by atoms with Gasteiger partial charge >= 0.3 is 5.69 Å². The molecule has 100 valence electrons. The third kappa shape index (κ3) is 3.58. The lowest BCUT2D eigenvalue weighted by molar-refractivity contribution is -0.384. The van der Waals surface area contributed by atoms with Gasteiger partial charge in [0.05, 0.1) is 15.6 Å². The van der Waals surface area contributed by atoms with Crippen LogP contribution in [0, 0.1) is 17.0 Å². The van der Waals surface area contributed by atoms with Crippen LogP contribution in [0.15, 0.2) is 11.6 Å². The number of nitrogens with zero attached hydrogens (tertiary/aromatic N) is 4. The predicted octanol–water partition coefficient (Wildman–Crippen LogP) is 2.46. The molecule has 1 N–H and O–H groups in total. The Morgan fingerprint density at radius 3 is 2.95 bits per heavy atom. The largest absolute Gasteiger partial charge is 0.364 e. The van der Waals surface area contributed by atoms with E-state index >= 15 is 0 Å². The molecule has 0 saturated carbocycles. The zero-order valence-corrected chi connectivity index (χ0v) is 11.5. The minimum atomic E-state index is -0.550. The van der Waals surface area contributed by atoms with E-state index in [0.717, 1.165) is 16.9 Å². The number of aromatic nitrogens is 3. The molecule has 2 heterocycles. The number of rotatable bonds is 5. The van der Waals surface area contributed by atoms with E-state index in [0.29, 0.717) is 13.0 Å². The molecule has 0 bridgehead atoms. The van der Waals surface area contributed by atoms with Gasteiger partial charge in [-0.1, -0.05) is 0 Å². The first-order chi connectivity index (χ1) is 9.06. The average molecular weight is 300 g/mol. The van der Waals surface area contributed by atoms with Crippen LogP contribution in [0.3, 0.4) is 0 Å². The van der Waals surface area contributed by atoms with Gasteiger partial charge in [-0.15, -0.1) is 11.3 Å². The molecule has 0 amide bonds. The summed E-state index contributed by atoms with van der Waals surface area (Å²) in [6, 6.07) is 0. The van der Waals surface area contributed by atoms with Crippen molar-refractivity contribution >= 4 is 34.4 Å². The summed E-state index contributed by atoms with van der Waals surface area (Å²) in [5, 5.41) is 16.6. The average Bonchev–Trinajstić information content (AvgIpc) is 2.75. The van der Waals surface area contributed by atoms with Crippen molar-refractivity contribution in [2.45, 2.75) is 13.3 Å². The van der Waals surface area contributed by atoms with Crippen molar-refractivity contribution < 1.29 is 4.92 Å². The fraction of sp³-hybridized carbons (Fsp3) is 0.300. The maximum absolute atomic E-state index is 10.8. The summed E-state index contributed by atoms with van der Waals surface area (Å²) in [5.74, 6) is 0.122. The number of nitro groups is 1. The van der Waals surface area contributed by atoms with Gasteiger partial charge in [-0.05, 0) is 18.5 Å². The lowest BCUT2D eigenvalue weighted by Gasteiger charge is -2.04. The molecule has 0 aliphatic carbocycles. The second kappa shape index (κ2) is 5.89. The Kier molecular flexibility index (Phi) is 4.23. The molecule has 0 saturated heterocycles. The summed E-state index contributed by atoms with van der Waals surface area (Å²) in [5.41, 5.74) is 0.747. The highest BCUT2D eigenvalue weighted by Crippen LogP contribution is 2.21. The van der Waals surface area contributed by atoms with Crippen LogP contribution in [0.2, 0.25) is 5.28 Å². The van der Waals surface area contributed by atoms with E-state index in [1.807, 2.05) is 12.3 Å². The first kappa shape index (κ1) is 13.6. The summed E-state index contributed by atoms with van der Waals surface area (Å²) < 4.78 is 0. The third-order valence-electron chi connectivity index (χ3n) is 2.28. The Morgan fingerprint density at radius 2 is 2.32 bits per heavy atom. The van der Waals surface area contributed by atoms with Crippen molar-refractivity contribution in [2.24, 2.45) is 0 Å².